The SMILES string of the molecule is CC1=CC(Br)C(C)(C(=O)O)C=C1. The van der Waals surface area contributed by atoms with E-state index in [2.05, 4.69) is 15.9 Å². The van der Waals surface area contributed by atoms with Crippen molar-refractivity contribution in [1.29, 1.82) is 0 Å². The normalized spacial score (nSPS) is 34.6. The number of rotatable bonds is 1. The van der Waals surface area contributed by atoms with Gasteiger partial charge in [0.1, 0.15) is 0 Å². The number of hydrogen-bond acceptors (Lipinski definition) is 1. The van der Waals surface area contributed by atoms with Crippen LogP contribution >= 0.6 is 15.9 Å². The van der Waals surface area contributed by atoms with E-state index < -0.39 is 11.4 Å². The molecule has 2 unspecified atom stereocenters. The standard InChI is InChI=1S/C9H11BrO2/c1-6-3-4-9(2,8(11)12)7(10)5-6/h3-5,7H,1-2H3,(H,11,12). The summed E-state index contributed by atoms with van der Waals surface area (Å²) in [7, 11) is 0. The fourth-order valence-corrected chi connectivity index (χ4v) is 1.81. The summed E-state index contributed by atoms with van der Waals surface area (Å²) in [6, 6.07) is 0. The molecule has 2 nitrogen and oxygen atoms in total. The van der Waals surface area contributed by atoms with Crippen LogP contribution in [0.15, 0.2) is 23.8 Å². The molecule has 0 aromatic carbocycles. The monoisotopic (exact) mass is 230 g/mol. The number of carboxylic acid groups (broad SMARTS) is 1. The fourth-order valence-electron chi connectivity index (χ4n) is 1.05. The summed E-state index contributed by atoms with van der Waals surface area (Å²) in [6.07, 6.45) is 5.48. The van der Waals surface area contributed by atoms with Crippen molar-refractivity contribution < 1.29 is 9.90 Å². The number of carbonyl (C=O) groups is 1. The van der Waals surface area contributed by atoms with Gasteiger partial charge in [-0.3, -0.25) is 4.79 Å². The van der Waals surface area contributed by atoms with Gasteiger partial charge >= 0.3 is 5.97 Å². The molecule has 0 saturated carbocycles. The molecule has 0 saturated heterocycles. The van der Waals surface area contributed by atoms with Crippen LogP contribution in [-0.4, -0.2) is 15.9 Å². The van der Waals surface area contributed by atoms with Crippen molar-refractivity contribution in [3.63, 3.8) is 0 Å². The van der Waals surface area contributed by atoms with Gasteiger partial charge in [0.2, 0.25) is 0 Å². The highest BCUT2D eigenvalue weighted by Gasteiger charge is 2.38. The summed E-state index contributed by atoms with van der Waals surface area (Å²) in [6.45, 7) is 3.65. The third-order valence-electron chi connectivity index (χ3n) is 2.14. The summed E-state index contributed by atoms with van der Waals surface area (Å²) in [5, 5.41) is 8.94. The summed E-state index contributed by atoms with van der Waals surface area (Å²) in [5.41, 5.74) is 0.287. The summed E-state index contributed by atoms with van der Waals surface area (Å²) >= 11 is 3.34. The molecule has 0 spiro atoms. The molecule has 0 radical (unpaired) electrons. The Morgan fingerprint density at radius 2 is 2.33 bits per heavy atom. The average molecular weight is 231 g/mol. The first-order valence-electron chi connectivity index (χ1n) is 3.72. The molecule has 0 aromatic heterocycles. The van der Waals surface area contributed by atoms with Gasteiger partial charge in [0.05, 0.1) is 10.2 Å². The van der Waals surface area contributed by atoms with Crippen molar-refractivity contribution in [3.8, 4) is 0 Å². The van der Waals surface area contributed by atoms with Crippen LogP contribution in [0, 0.1) is 5.41 Å². The largest absolute Gasteiger partial charge is 0.481 e. The molecule has 0 aromatic rings. The van der Waals surface area contributed by atoms with Crippen molar-refractivity contribution in [3.05, 3.63) is 23.8 Å². The molecule has 66 valence electrons. The van der Waals surface area contributed by atoms with Crippen molar-refractivity contribution in [2.45, 2.75) is 18.7 Å². The second kappa shape index (κ2) is 3.05. The summed E-state index contributed by atoms with van der Waals surface area (Å²) in [4.78, 5) is 10.8. The highest BCUT2D eigenvalue weighted by atomic mass is 79.9. The Hall–Kier alpha value is -0.570. The van der Waals surface area contributed by atoms with Crippen LogP contribution in [0.1, 0.15) is 13.8 Å². The van der Waals surface area contributed by atoms with Gasteiger partial charge < -0.3 is 5.11 Å². The molecular formula is C9H11BrO2. The fraction of sp³-hybridized carbons (Fsp3) is 0.444. The van der Waals surface area contributed by atoms with Crippen LogP contribution in [0.4, 0.5) is 0 Å². The van der Waals surface area contributed by atoms with Gasteiger partial charge in [-0.25, -0.2) is 0 Å². The van der Waals surface area contributed by atoms with Crippen molar-refractivity contribution in [2.24, 2.45) is 5.41 Å². The van der Waals surface area contributed by atoms with Gasteiger partial charge in [0, 0.05) is 0 Å². The number of carboxylic acids is 1. The predicted molar refractivity (Wildman–Crippen MR) is 51.4 cm³/mol. The Labute approximate surface area is 80.1 Å². The molecule has 12 heavy (non-hydrogen) atoms. The van der Waals surface area contributed by atoms with Crippen LogP contribution in [0.2, 0.25) is 0 Å². The number of hydrogen-bond donors (Lipinski definition) is 1. The maximum atomic E-state index is 10.9. The van der Waals surface area contributed by atoms with Crippen molar-refractivity contribution in [2.75, 3.05) is 0 Å². The van der Waals surface area contributed by atoms with Gasteiger partial charge in [0.25, 0.3) is 0 Å². The quantitative estimate of drug-likeness (QED) is 0.703. The molecule has 0 bridgehead atoms. The van der Waals surface area contributed by atoms with Gasteiger partial charge in [-0.05, 0) is 13.8 Å². The van der Waals surface area contributed by atoms with E-state index in [0.717, 1.165) is 5.57 Å². The second-order valence-electron chi connectivity index (χ2n) is 3.23. The second-order valence-corrected chi connectivity index (χ2v) is 4.22. The highest BCUT2D eigenvalue weighted by molar-refractivity contribution is 9.09. The Kier molecular flexibility index (Phi) is 2.42. The lowest BCUT2D eigenvalue weighted by molar-refractivity contribution is -0.144. The minimum absolute atomic E-state index is 0.118. The molecule has 1 N–H and O–H groups in total. The number of halogens is 1. The Morgan fingerprint density at radius 1 is 1.75 bits per heavy atom. The smallest absolute Gasteiger partial charge is 0.314 e. The van der Waals surface area contributed by atoms with Crippen molar-refractivity contribution in [1.82, 2.24) is 0 Å². The molecular weight excluding hydrogens is 220 g/mol. The average Bonchev–Trinajstić information content (AvgIpc) is 1.97. The molecule has 3 heteroatoms. The topological polar surface area (TPSA) is 37.3 Å². The minimum atomic E-state index is -0.806. The minimum Gasteiger partial charge on any atom is -0.481 e. The molecule has 2 atom stereocenters. The zero-order valence-electron chi connectivity index (χ0n) is 7.04. The van der Waals surface area contributed by atoms with E-state index in [1.54, 1.807) is 13.0 Å². The summed E-state index contributed by atoms with van der Waals surface area (Å²) in [5.74, 6) is -0.802. The van der Waals surface area contributed by atoms with E-state index in [4.69, 9.17) is 5.11 Å². The third kappa shape index (κ3) is 1.46. The van der Waals surface area contributed by atoms with Crippen LogP contribution < -0.4 is 0 Å². The van der Waals surface area contributed by atoms with Crippen LogP contribution in [0.25, 0.3) is 0 Å². The Morgan fingerprint density at radius 3 is 2.75 bits per heavy atom. The van der Waals surface area contributed by atoms with Gasteiger partial charge in [-0.1, -0.05) is 39.7 Å². The maximum absolute atomic E-state index is 10.9. The first kappa shape index (κ1) is 9.52. The summed E-state index contributed by atoms with van der Waals surface area (Å²) < 4.78 is 0. The van der Waals surface area contributed by atoms with Gasteiger partial charge in [-0.15, -0.1) is 0 Å². The molecule has 1 rings (SSSR count). The van der Waals surface area contributed by atoms with E-state index >= 15 is 0 Å². The van der Waals surface area contributed by atoms with Crippen molar-refractivity contribution >= 4 is 21.9 Å². The molecule has 1 aliphatic carbocycles. The first-order chi connectivity index (χ1) is 5.47. The van der Waals surface area contributed by atoms with Gasteiger partial charge in [0.15, 0.2) is 0 Å². The number of alkyl halides is 1. The van der Waals surface area contributed by atoms with E-state index in [0.29, 0.717) is 0 Å². The zero-order chi connectivity index (χ0) is 9.35. The highest BCUT2D eigenvalue weighted by Crippen LogP contribution is 2.34. The number of allylic oxidation sites excluding steroid dienone is 3. The van der Waals surface area contributed by atoms with E-state index in [9.17, 15) is 4.79 Å². The Balaban J connectivity index is 2.99. The lowest BCUT2D eigenvalue weighted by Crippen LogP contribution is -2.35. The van der Waals surface area contributed by atoms with Crippen LogP contribution in [-0.2, 0) is 4.79 Å². The van der Waals surface area contributed by atoms with Crippen LogP contribution in [0.5, 0.6) is 0 Å². The lowest BCUT2D eigenvalue weighted by Gasteiger charge is -2.27. The Bertz CT molecular complexity index is 268. The predicted octanol–water partition coefficient (Wildman–Crippen LogP) is 2.36. The lowest BCUT2D eigenvalue weighted by atomic mass is 9.82. The number of aliphatic carboxylic acids is 1. The van der Waals surface area contributed by atoms with E-state index in [1.807, 2.05) is 19.1 Å². The van der Waals surface area contributed by atoms with Crippen LogP contribution in [0.3, 0.4) is 0 Å². The molecule has 0 aliphatic heterocycles. The molecule has 0 heterocycles. The molecule has 0 fully saturated rings. The van der Waals surface area contributed by atoms with Gasteiger partial charge in [-0.2, -0.15) is 0 Å². The van der Waals surface area contributed by atoms with E-state index in [-0.39, 0.29) is 4.83 Å². The molecule has 0 amide bonds. The maximum Gasteiger partial charge on any atom is 0.314 e. The van der Waals surface area contributed by atoms with E-state index in [1.165, 1.54) is 0 Å². The molecule has 1 aliphatic rings. The first-order valence-corrected chi connectivity index (χ1v) is 4.63. The zero-order valence-corrected chi connectivity index (χ0v) is 8.63. The third-order valence-corrected chi connectivity index (χ3v) is 3.35.